The van der Waals surface area contributed by atoms with Gasteiger partial charge >= 0.3 is 5.97 Å². The number of benzene rings is 1. The number of likely N-dealkylation sites (tertiary alicyclic amines) is 1. The number of halogens is 1. The van der Waals surface area contributed by atoms with Crippen molar-refractivity contribution < 1.29 is 14.3 Å². The Kier molecular flexibility index (Phi) is 4.49. The van der Waals surface area contributed by atoms with Gasteiger partial charge in [0.15, 0.2) is 0 Å². The Morgan fingerprint density at radius 2 is 2.15 bits per heavy atom. The summed E-state index contributed by atoms with van der Waals surface area (Å²) in [6, 6.07) is 4.22. The Morgan fingerprint density at radius 1 is 1.40 bits per heavy atom. The molecule has 2 rings (SSSR count). The maximum Gasteiger partial charge on any atom is 0.328 e. The summed E-state index contributed by atoms with van der Waals surface area (Å²) < 4.78 is 4.77. The lowest BCUT2D eigenvalue weighted by molar-refractivity contribution is -0.147. The van der Waals surface area contributed by atoms with Gasteiger partial charge in [-0.3, -0.25) is 4.79 Å². The smallest absolute Gasteiger partial charge is 0.328 e. The first-order chi connectivity index (χ1) is 9.54. The average Bonchev–Trinajstić information content (AvgIpc) is 2.48. The molecule has 1 amide bonds. The number of esters is 1. The quantitative estimate of drug-likeness (QED) is 0.670. The van der Waals surface area contributed by atoms with Gasteiger partial charge in [-0.2, -0.15) is 0 Å². The van der Waals surface area contributed by atoms with Crippen molar-refractivity contribution >= 4 is 29.2 Å². The van der Waals surface area contributed by atoms with Gasteiger partial charge in [0, 0.05) is 12.1 Å². The minimum Gasteiger partial charge on any atom is -0.467 e. The third-order valence-electron chi connectivity index (χ3n) is 3.48. The zero-order valence-electron chi connectivity index (χ0n) is 11.3. The van der Waals surface area contributed by atoms with Gasteiger partial charge in [-0.05, 0) is 37.5 Å². The standard InChI is InChI=1S/C14H17ClN2O3/c1-20-14(19)12-4-2-3-7-17(12)13(18)9-5-6-11(16)10(15)8-9/h5-6,8,12H,2-4,7,16H2,1H3. The molecule has 0 bridgehead atoms. The van der Waals surface area contributed by atoms with Crippen LogP contribution in [0.2, 0.25) is 5.02 Å². The van der Waals surface area contributed by atoms with Crippen LogP contribution in [-0.2, 0) is 9.53 Å². The summed E-state index contributed by atoms with van der Waals surface area (Å²) >= 11 is 5.94. The molecule has 1 atom stereocenters. The Bertz CT molecular complexity index is 533. The molecule has 0 saturated carbocycles. The number of nitrogens with two attached hydrogens (primary N) is 1. The van der Waals surface area contributed by atoms with Crippen LogP contribution in [0.15, 0.2) is 18.2 Å². The van der Waals surface area contributed by atoms with E-state index in [1.807, 2.05) is 0 Å². The third-order valence-corrected chi connectivity index (χ3v) is 3.81. The number of anilines is 1. The van der Waals surface area contributed by atoms with Crippen molar-refractivity contribution in [1.82, 2.24) is 4.90 Å². The molecular weight excluding hydrogens is 280 g/mol. The molecule has 1 fully saturated rings. The molecule has 1 aliphatic rings. The van der Waals surface area contributed by atoms with E-state index in [1.54, 1.807) is 17.0 Å². The second-order valence-electron chi connectivity index (χ2n) is 4.77. The van der Waals surface area contributed by atoms with Gasteiger partial charge in [-0.25, -0.2) is 4.79 Å². The van der Waals surface area contributed by atoms with Crippen LogP contribution in [0.4, 0.5) is 5.69 Å². The maximum absolute atomic E-state index is 12.5. The monoisotopic (exact) mass is 296 g/mol. The van der Waals surface area contributed by atoms with Crippen LogP contribution >= 0.6 is 11.6 Å². The Labute approximate surface area is 122 Å². The summed E-state index contributed by atoms with van der Waals surface area (Å²) in [6.07, 6.45) is 2.41. The SMILES string of the molecule is COC(=O)C1CCCCN1C(=O)c1ccc(N)c(Cl)c1. The number of hydrogen-bond donors (Lipinski definition) is 1. The lowest BCUT2D eigenvalue weighted by atomic mass is 10.0. The second-order valence-corrected chi connectivity index (χ2v) is 5.18. The molecule has 5 nitrogen and oxygen atoms in total. The van der Waals surface area contributed by atoms with Crippen molar-refractivity contribution in [3.05, 3.63) is 28.8 Å². The van der Waals surface area contributed by atoms with Gasteiger partial charge < -0.3 is 15.4 Å². The molecule has 6 heteroatoms. The highest BCUT2D eigenvalue weighted by atomic mass is 35.5. The third kappa shape index (κ3) is 2.88. The highest BCUT2D eigenvalue weighted by molar-refractivity contribution is 6.33. The first-order valence-electron chi connectivity index (χ1n) is 6.48. The number of carbonyl (C=O) groups excluding carboxylic acids is 2. The summed E-state index contributed by atoms with van der Waals surface area (Å²) in [7, 11) is 1.33. The minimum atomic E-state index is -0.516. The van der Waals surface area contributed by atoms with E-state index in [-0.39, 0.29) is 11.9 Å². The molecule has 1 heterocycles. The van der Waals surface area contributed by atoms with Crippen molar-refractivity contribution in [3.63, 3.8) is 0 Å². The lowest BCUT2D eigenvalue weighted by Crippen LogP contribution is -2.48. The number of piperidine rings is 1. The van der Waals surface area contributed by atoms with E-state index in [0.29, 0.717) is 29.2 Å². The fourth-order valence-electron chi connectivity index (χ4n) is 2.38. The van der Waals surface area contributed by atoms with E-state index in [9.17, 15) is 9.59 Å². The van der Waals surface area contributed by atoms with Gasteiger partial charge in [0.2, 0.25) is 0 Å². The molecule has 0 radical (unpaired) electrons. The number of nitrogen functional groups attached to an aromatic ring is 1. The van der Waals surface area contributed by atoms with Gasteiger partial charge in [0.1, 0.15) is 6.04 Å². The van der Waals surface area contributed by atoms with E-state index < -0.39 is 6.04 Å². The zero-order chi connectivity index (χ0) is 14.7. The van der Waals surface area contributed by atoms with Crippen molar-refractivity contribution in [2.45, 2.75) is 25.3 Å². The summed E-state index contributed by atoms with van der Waals surface area (Å²) in [5, 5.41) is 0.336. The Morgan fingerprint density at radius 3 is 2.80 bits per heavy atom. The maximum atomic E-state index is 12.5. The summed E-state index contributed by atoms with van der Waals surface area (Å²) in [5.74, 6) is -0.596. The molecule has 1 aliphatic heterocycles. The number of hydrogen-bond acceptors (Lipinski definition) is 4. The average molecular weight is 297 g/mol. The first kappa shape index (κ1) is 14.7. The highest BCUT2D eigenvalue weighted by Gasteiger charge is 2.33. The van der Waals surface area contributed by atoms with E-state index in [1.165, 1.54) is 13.2 Å². The minimum absolute atomic E-state index is 0.220. The molecule has 1 saturated heterocycles. The predicted octanol–water partition coefficient (Wildman–Crippen LogP) is 2.09. The zero-order valence-corrected chi connectivity index (χ0v) is 12.0. The molecule has 1 aromatic rings. The molecule has 0 aromatic heterocycles. The normalized spacial score (nSPS) is 18.7. The van der Waals surface area contributed by atoms with Crippen LogP contribution in [0.5, 0.6) is 0 Å². The summed E-state index contributed by atoms with van der Waals surface area (Å²) in [6.45, 7) is 0.542. The summed E-state index contributed by atoms with van der Waals surface area (Å²) in [4.78, 5) is 25.8. The Balaban J connectivity index is 2.25. The van der Waals surface area contributed by atoms with E-state index in [0.717, 1.165) is 12.8 Å². The van der Waals surface area contributed by atoms with Crippen LogP contribution in [-0.4, -0.2) is 36.5 Å². The van der Waals surface area contributed by atoms with Crippen LogP contribution in [0.1, 0.15) is 29.6 Å². The molecule has 108 valence electrons. The van der Waals surface area contributed by atoms with E-state index in [2.05, 4.69) is 0 Å². The molecule has 20 heavy (non-hydrogen) atoms. The molecule has 0 spiro atoms. The fourth-order valence-corrected chi connectivity index (χ4v) is 2.56. The van der Waals surface area contributed by atoms with Gasteiger partial charge in [-0.15, -0.1) is 0 Å². The molecular formula is C14H17ClN2O3. The number of carbonyl (C=O) groups is 2. The molecule has 2 N–H and O–H groups in total. The summed E-state index contributed by atoms with van der Waals surface area (Å²) in [5.41, 5.74) is 6.49. The number of nitrogens with zero attached hydrogens (tertiary/aromatic N) is 1. The van der Waals surface area contributed by atoms with Gasteiger partial charge in [0.05, 0.1) is 17.8 Å². The van der Waals surface area contributed by atoms with E-state index in [4.69, 9.17) is 22.1 Å². The highest BCUT2D eigenvalue weighted by Crippen LogP contribution is 2.24. The van der Waals surface area contributed by atoms with Crippen LogP contribution < -0.4 is 5.73 Å². The van der Waals surface area contributed by atoms with Crippen molar-refractivity contribution in [1.29, 1.82) is 0 Å². The molecule has 0 aliphatic carbocycles. The molecule has 1 unspecified atom stereocenters. The largest absolute Gasteiger partial charge is 0.467 e. The second kappa shape index (κ2) is 6.13. The van der Waals surface area contributed by atoms with Gasteiger partial charge in [-0.1, -0.05) is 11.6 Å². The lowest BCUT2D eigenvalue weighted by Gasteiger charge is -2.33. The first-order valence-corrected chi connectivity index (χ1v) is 6.86. The van der Waals surface area contributed by atoms with Crippen molar-refractivity contribution in [2.24, 2.45) is 0 Å². The number of rotatable bonds is 2. The number of amides is 1. The topological polar surface area (TPSA) is 72.6 Å². The van der Waals surface area contributed by atoms with Crippen molar-refractivity contribution in [2.75, 3.05) is 19.4 Å². The van der Waals surface area contributed by atoms with Crippen LogP contribution in [0.3, 0.4) is 0 Å². The number of ether oxygens (including phenoxy) is 1. The Hall–Kier alpha value is -1.75. The molecule has 1 aromatic carbocycles. The van der Waals surface area contributed by atoms with Gasteiger partial charge in [0.25, 0.3) is 5.91 Å². The van der Waals surface area contributed by atoms with Crippen LogP contribution in [0.25, 0.3) is 0 Å². The van der Waals surface area contributed by atoms with Crippen molar-refractivity contribution in [3.8, 4) is 0 Å². The van der Waals surface area contributed by atoms with E-state index >= 15 is 0 Å². The fraction of sp³-hybridized carbons (Fsp3) is 0.429. The number of methoxy groups -OCH3 is 1. The predicted molar refractivity (Wildman–Crippen MR) is 76.6 cm³/mol. The van der Waals surface area contributed by atoms with Crippen LogP contribution in [0, 0.1) is 0 Å².